The van der Waals surface area contributed by atoms with Crippen LogP contribution < -0.4 is 0 Å². The van der Waals surface area contributed by atoms with Crippen molar-refractivity contribution in [3.05, 3.63) is 107 Å². The van der Waals surface area contributed by atoms with E-state index in [2.05, 4.69) is 67.6 Å². The SMILES string of the molecule is Cc1ccccc1CC(=O)N1Cc2ccccc2C(c2ccccc2)C1. The van der Waals surface area contributed by atoms with Crippen molar-refractivity contribution in [2.75, 3.05) is 6.54 Å². The molecule has 1 aliphatic rings. The first-order valence-electron chi connectivity index (χ1n) is 9.17. The molecule has 0 aromatic heterocycles. The molecule has 0 N–H and O–H groups in total. The van der Waals surface area contributed by atoms with Gasteiger partial charge in [0.1, 0.15) is 0 Å². The third-order valence-electron chi connectivity index (χ3n) is 5.35. The molecule has 1 heterocycles. The molecule has 1 aliphatic heterocycles. The Morgan fingerprint density at radius 2 is 1.62 bits per heavy atom. The van der Waals surface area contributed by atoms with Crippen LogP contribution in [0.1, 0.15) is 33.7 Å². The third kappa shape index (κ3) is 3.28. The second-order valence-electron chi connectivity index (χ2n) is 7.04. The summed E-state index contributed by atoms with van der Waals surface area (Å²) in [5, 5.41) is 0. The summed E-state index contributed by atoms with van der Waals surface area (Å²) >= 11 is 0. The van der Waals surface area contributed by atoms with Gasteiger partial charge in [0.15, 0.2) is 0 Å². The number of carbonyl (C=O) groups is 1. The lowest BCUT2D eigenvalue weighted by molar-refractivity contribution is -0.131. The predicted molar refractivity (Wildman–Crippen MR) is 105 cm³/mol. The summed E-state index contributed by atoms with van der Waals surface area (Å²) in [5.41, 5.74) is 6.17. The zero-order valence-corrected chi connectivity index (χ0v) is 15.1. The molecule has 0 saturated carbocycles. The summed E-state index contributed by atoms with van der Waals surface area (Å²) in [4.78, 5) is 15.1. The van der Waals surface area contributed by atoms with Crippen molar-refractivity contribution in [2.45, 2.75) is 25.8 Å². The molecule has 2 nitrogen and oxygen atoms in total. The van der Waals surface area contributed by atoms with Crippen LogP contribution in [0.5, 0.6) is 0 Å². The van der Waals surface area contributed by atoms with Crippen molar-refractivity contribution in [3.8, 4) is 0 Å². The van der Waals surface area contributed by atoms with Gasteiger partial charge in [-0.05, 0) is 34.7 Å². The summed E-state index contributed by atoms with van der Waals surface area (Å²) in [5.74, 6) is 0.441. The highest BCUT2D eigenvalue weighted by Crippen LogP contribution is 2.33. The van der Waals surface area contributed by atoms with Crippen LogP contribution >= 0.6 is 0 Å². The molecular formula is C24H23NO. The molecular weight excluding hydrogens is 318 g/mol. The van der Waals surface area contributed by atoms with Crippen LogP contribution in [-0.2, 0) is 17.8 Å². The van der Waals surface area contributed by atoms with E-state index in [0.29, 0.717) is 13.0 Å². The van der Waals surface area contributed by atoms with Crippen LogP contribution in [0.2, 0.25) is 0 Å². The average Bonchev–Trinajstić information content (AvgIpc) is 2.69. The molecule has 0 aliphatic carbocycles. The highest BCUT2D eigenvalue weighted by molar-refractivity contribution is 5.79. The Morgan fingerprint density at radius 1 is 0.923 bits per heavy atom. The molecule has 1 atom stereocenters. The maximum Gasteiger partial charge on any atom is 0.227 e. The number of amides is 1. The van der Waals surface area contributed by atoms with Gasteiger partial charge in [0.2, 0.25) is 5.91 Å². The molecule has 0 radical (unpaired) electrons. The van der Waals surface area contributed by atoms with Crippen LogP contribution in [0.15, 0.2) is 78.9 Å². The lowest BCUT2D eigenvalue weighted by Gasteiger charge is -2.35. The van der Waals surface area contributed by atoms with E-state index in [9.17, 15) is 4.79 Å². The Balaban J connectivity index is 1.63. The van der Waals surface area contributed by atoms with Gasteiger partial charge < -0.3 is 4.90 Å². The second kappa shape index (κ2) is 7.17. The van der Waals surface area contributed by atoms with Crippen LogP contribution in [0.3, 0.4) is 0 Å². The molecule has 1 unspecified atom stereocenters. The Bertz CT molecular complexity index is 916. The number of carbonyl (C=O) groups excluding carboxylic acids is 1. The lowest BCUT2D eigenvalue weighted by Crippen LogP contribution is -2.39. The lowest BCUT2D eigenvalue weighted by atomic mass is 9.84. The van der Waals surface area contributed by atoms with E-state index in [-0.39, 0.29) is 11.8 Å². The number of aryl methyl sites for hydroxylation is 1. The number of fused-ring (bicyclic) bond motifs is 1. The molecule has 0 fully saturated rings. The molecule has 0 spiro atoms. The van der Waals surface area contributed by atoms with Crippen LogP contribution in [-0.4, -0.2) is 17.4 Å². The van der Waals surface area contributed by atoms with E-state index >= 15 is 0 Å². The van der Waals surface area contributed by atoms with Gasteiger partial charge in [-0.3, -0.25) is 4.79 Å². The van der Waals surface area contributed by atoms with Crippen molar-refractivity contribution < 1.29 is 4.79 Å². The minimum atomic E-state index is 0.203. The van der Waals surface area contributed by atoms with Crippen molar-refractivity contribution in [2.24, 2.45) is 0 Å². The van der Waals surface area contributed by atoms with Gasteiger partial charge >= 0.3 is 0 Å². The number of hydrogen-bond donors (Lipinski definition) is 0. The number of hydrogen-bond acceptors (Lipinski definition) is 1. The fourth-order valence-electron chi connectivity index (χ4n) is 3.85. The summed E-state index contributed by atoms with van der Waals surface area (Å²) < 4.78 is 0. The first-order valence-corrected chi connectivity index (χ1v) is 9.17. The smallest absolute Gasteiger partial charge is 0.227 e. The van der Waals surface area contributed by atoms with Crippen molar-refractivity contribution in [1.29, 1.82) is 0 Å². The third-order valence-corrected chi connectivity index (χ3v) is 5.35. The van der Waals surface area contributed by atoms with E-state index in [0.717, 1.165) is 12.1 Å². The quantitative estimate of drug-likeness (QED) is 0.675. The monoisotopic (exact) mass is 341 g/mol. The van der Waals surface area contributed by atoms with Crippen molar-refractivity contribution in [3.63, 3.8) is 0 Å². The zero-order valence-electron chi connectivity index (χ0n) is 15.1. The maximum atomic E-state index is 13.0. The van der Waals surface area contributed by atoms with Crippen LogP contribution in [0, 0.1) is 6.92 Å². The number of nitrogens with zero attached hydrogens (tertiary/aromatic N) is 1. The minimum Gasteiger partial charge on any atom is -0.337 e. The fourth-order valence-corrected chi connectivity index (χ4v) is 3.85. The summed E-state index contributed by atoms with van der Waals surface area (Å²) in [7, 11) is 0. The molecule has 26 heavy (non-hydrogen) atoms. The Labute approximate surface area is 155 Å². The van der Waals surface area contributed by atoms with Crippen LogP contribution in [0.25, 0.3) is 0 Å². The standard InChI is InChI=1S/C24H23NO/c1-18-9-5-6-12-20(18)15-24(26)25-16-21-13-7-8-14-22(21)23(17-25)19-10-3-2-4-11-19/h2-14,23H,15-17H2,1H3. The summed E-state index contributed by atoms with van der Waals surface area (Å²) in [6, 6.07) is 27.2. The summed E-state index contributed by atoms with van der Waals surface area (Å²) in [6.07, 6.45) is 0.469. The largest absolute Gasteiger partial charge is 0.337 e. The maximum absolute atomic E-state index is 13.0. The van der Waals surface area contributed by atoms with Gasteiger partial charge in [0.05, 0.1) is 6.42 Å². The van der Waals surface area contributed by atoms with Gasteiger partial charge in [-0.15, -0.1) is 0 Å². The molecule has 3 aromatic rings. The normalized spacial score (nSPS) is 16.2. The molecule has 1 amide bonds. The molecule has 130 valence electrons. The molecule has 0 bridgehead atoms. The molecule has 3 aromatic carbocycles. The highest BCUT2D eigenvalue weighted by Gasteiger charge is 2.28. The van der Waals surface area contributed by atoms with E-state index < -0.39 is 0 Å². The zero-order chi connectivity index (χ0) is 17.9. The van der Waals surface area contributed by atoms with E-state index in [1.54, 1.807) is 0 Å². The molecule has 0 saturated heterocycles. The Kier molecular flexibility index (Phi) is 4.57. The van der Waals surface area contributed by atoms with Crippen LogP contribution in [0.4, 0.5) is 0 Å². The second-order valence-corrected chi connectivity index (χ2v) is 7.04. The Morgan fingerprint density at radius 3 is 2.42 bits per heavy atom. The van der Waals surface area contributed by atoms with Gasteiger partial charge in [0, 0.05) is 19.0 Å². The van der Waals surface area contributed by atoms with E-state index in [1.165, 1.54) is 22.3 Å². The van der Waals surface area contributed by atoms with Crippen molar-refractivity contribution >= 4 is 5.91 Å². The molecule has 2 heteroatoms. The topological polar surface area (TPSA) is 20.3 Å². The molecule has 4 rings (SSSR count). The fraction of sp³-hybridized carbons (Fsp3) is 0.208. The average molecular weight is 341 g/mol. The first kappa shape index (κ1) is 16.6. The van der Waals surface area contributed by atoms with E-state index in [4.69, 9.17) is 0 Å². The van der Waals surface area contributed by atoms with Gasteiger partial charge in [-0.2, -0.15) is 0 Å². The predicted octanol–water partition coefficient (Wildman–Crippen LogP) is 4.71. The van der Waals surface area contributed by atoms with E-state index in [1.807, 2.05) is 23.1 Å². The Hall–Kier alpha value is -2.87. The summed E-state index contributed by atoms with van der Waals surface area (Å²) in [6.45, 7) is 3.51. The number of benzene rings is 3. The van der Waals surface area contributed by atoms with Crippen molar-refractivity contribution in [1.82, 2.24) is 4.90 Å². The van der Waals surface area contributed by atoms with Gasteiger partial charge in [0.25, 0.3) is 0 Å². The highest BCUT2D eigenvalue weighted by atomic mass is 16.2. The number of rotatable bonds is 3. The first-order chi connectivity index (χ1) is 12.7. The minimum absolute atomic E-state index is 0.203. The van der Waals surface area contributed by atoms with Gasteiger partial charge in [-0.25, -0.2) is 0 Å². The van der Waals surface area contributed by atoms with Gasteiger partial charge in [-0.1, -0.05) is 78.9 Å².